The molecule has 2 aromatic heterocycles. The number of halogens is 2. The first-order chi connectivity index (χ1) is 16.9. The van der Waals surface area contributed by atoms with Crippen LogP contribution in [0.4, 0.5) is 13.8 Å². The van der Waals surface area contributed by atoms with Crippen LogP contribution in [0.5, 0.6) is 5.75 Å². The summed E-state index contributed by atoms with van der Waals surface area (Å²) in [6, 6.07) is 8.36. The standard InChI is InChI=1S/C24H23F2N5O2S2/c1-3-10-31-21(15-5-7-16(8-6-15)33-23(25)26)29-30-24(31)34-13-20(32)28-22-18(12-27)17-9-4-14(2)11-19(17)35-22/h3,5-8,14,23H,1,4,9-11,13H2,2H3,(H,28,32). The lowest BCUT2D eigenvalue weighted by molar-refractivity contribution is -0.113. The van der Waals surface area contributed by atoms with Crippen LogP contribution in [-0.4, -0.2) is 33.0 Å². The normalized spacial score (nSPS) is 14.9. The Morgan fingerprint density at radius 3 is 2.89 bits per heavy atom. The van der Waals surface area contributed by atoms with Crippen molar-refractivity contribution in [3.8, 4) is 23.2 Å². The van der Waals surface area contributed by atoms with Crippen LogP contribution in [0.15, 0.2) is 42.1 Å². The predicted octanol–water partition coefficient (Wildman–Crippen LogP) is 5.52. The molecule has 0 aliphatic heterocycles. The minimum atomic E-state index is -2.90. The highest BCUT2D eigenvalue weighted by Gasteiger charge is 2.25. The SMILES string of the molecule is C=CCn1c(SCC(=O)Nc2sc3c(c2C#N)CCC(C)C3)nnc1-c1ccc(OC(F)F)cc1. The summed E-state index contributed by atoms with van der Waals surface area (Å²) >= 11 is 2.71. The minimum absolute atomic E-state index is 0.0475. The first-order valence-corrected chi connectivity index (χ1v) is 12.8. The van der Waals surface area contributed by atoms with Crippen molar-refractivity contribution in [1.29, 1.82) is 5.26 Å². The number of rotatable bonds is 9. The average Bonchev–Trinajstić information content (AvgIpc) is 3.38. The Balaban J connectivity index is 1.46. The van der Waals surface area contributed by atoms with E-state index in [0.717, 1.165) is 24.8 Å². The van der Waals surface area contributed by atoms with Crippen LogP contribution in [-0.2, 0) is 24.2 Å². The van der Waals surface area contributed by atoms with E-state index < -0.39 is 6.61 Å². The molecule has 11 heteroatoms. The van der Waals surface area contributed by atoms with Crippen molar-refractivity contribution in [1.82, 2.24) is 14.8 Å². The summed E-state index contributed by atoms with van der Waals surface area (Å²) in [5, 5.41) is 22.1. The van der Waals surface area contributed by atoms with Gasteiger partial charge in [0, 0.05) is 17.0 Å². The van der Waals surface area contributed by atoms with Gasteiger partial charge < -0.3 is 10.1 Å². The number of carbonyl (C=O) groups is 1. The lowest BCUT2D eigenvalue weighted by Crippen LogP contribution is -2.15. The molecule has 2 heterocycles. The van der Waals surface area contributed by atoms with Gasteiger partial charge in [-0.2, -0.15) is 14.0 Å². The number of nitrogens with zero attached hydrogens (tertiary/aromatic N) is 4. The number of allylic oxidation sites excluding steroid dienone is 1. The molecule has 3 aromatic rings. The zero-order valence-electron chi connectivity index (χ0n) is 19.0. The maximum Gasteiger partial charge on any atom is 0.387 e. The molecule has 0 spiro atoms. The third-order valence-corrected chi connectivity index (χ3v) is 7.71. The number of nitriles is 1. The van der Waals surface area contributed by atoms with Crippen LogP contribution in [0.1, 0.15) is 29.3 Å². The fraction of sp³-hybridized carbons (Fsp3) is 0.333. The number of amides is 1. The van der Waals surface area contributed by atoms with Crippen LogP contribution in [0, 0.1) is 17.2 Å². The van der Waals surface area contributed by atoms with Crippen LogP contribution in [0.25, 0.3) is 11.4 Å². The Bertz CT molecular complexity index is 1260. The topological polar surface area (TPSA) is 92.8 Å². The molecule has 0 saturated heterocycles. The fourth-order valence-electron chi connectivity index (χ4n) is 3.94. The molecular weight excluding hydrogens is 492 g/mol. The van der Waals surface area contributed by atoms with Gasteiger partial charge in [0.2, 0.25) is 5.91 Å². The highest BCUT2D eigenvalue weighted by atomic mass is 32.2. The lowest BCUT2D eigenvalue weighted by Gasteiger charge is -2.17. The third-order valence-electron chi connectivity index (χ3n) is 5.57. The molecule has 1 aliphatic rings. The number of hydrogen-bond donors (Lipinski definition) is 1. The maximum absolute atomic E-state index is 12.7. The van der Waals surface area contributed by atoms with Gasteiger partial charge in [0.25, 0.3) is 0 Å². The second kappa shape index (κ2) is 11.0. The average molecular weight is 516 g/mol. The van der Waals surface area contributed by atoms with Gasteiger partial charge in [-0.05, 0) is 55.0 Å². The third kappa shape index (κ3) is 5.71. The van der Waals surface area contributed by atoms with Crippen molar-refractivity contribution in [2.75, 3.05) is 11.1 Å². The second-order valence-corrected chi connectivity index (χ2v) is 10.2. The Morgan fingerprint density at radius 2 is 2.20 bits per heavy atom. The zero-order valence-corrected chi connectivity index (χ0v) is 20.6. The summed E-state index contributed by atoms with van der Waals surface area (Å²) in [6.45, 7) is 3.47. The van der Waals surface area contributed by atoms with Gasteiger partial charge in [-0.25, -0.2) is 0 Å². The van der Waals surface area contributed by atoms with E-state index in [1.165, 1.54) is 40.1 Å². The molecule has 35 heavy (non-hydrogen) atoms. The summed E-state index contributed by atoms with van der Waals surface area (Å²) in [4.78, 5) is 13.9. The molecule has 7 nitrogen and oxygen atoms in total. The van der Waals surface area contributed by atoms with Gasteiger partial charge in [0.1, 0.15) is 16.8 Å². The number of aromatic nitrogens is 3. The number of benzene rings is 1. The summed E-state index contributed by atoms with van der Waals surface area (Å²) < 4.78 is 31.0. The van der Waals surface area contributed by atoms with Crippen molar-refractivity contribution in [3.05, 3.63) is 52.9 Å². The first kappa shape index (κ1) is 24.9. The number of carbonyl (C=O) groups excluding carboxylic acids is 1. The molecule has 0 bridgehead atoms. The number of ether oxygens (including phenoxy) is 1. The van der Waals surface area contributed by atoms with E-state index in [2.05, 4.69) is 39.8 Å². The number of anilines is 1. The molecule has 182 valence electrons. The zero-order chi connectivity index (χ0) is 24.9. The predicted molar refractivity (Wildman–Crippen MR) is 132 cm³/mol. The molecule has 1 aliphatic carbocycles. The summed E-state index contributed by atoms with van der Waals surface area (Å²) in [6.07, 6.45) is 4.53. The smallest absolute Gasteiger partial charge is 0.387 e. The van der Waals surface area contributed by atoms with Crippen molar-refractivity contribution < 1.29 is 18.3 Å². The van der Waals surface area contributed by atoms with Crippen LogP contribution in [0.3, 0.4) is 0 Å². The molecule has 1 unspecified atom stereocenters. The van der Waals surface area contributed by atoms with Crippen molar-refractivity contribution in [2.45, 2.75) is 44.5 Å². The van der Waals surface area contributed by atoms with Gasteiger partial charge in [0.05, 0.1) is 11.3 Å². The van der Waals surface area contributed by atoms with E-state index in [1.54, 1.807) is 22.8 Å². The highest BCUT2D eigenvalue weighted by molar-refractivity contribution is 7.99. The number of nitrogens with one attached hydrogen (secondary N) is 1. The maximum atomic E-state index is 12.7. The van der Waals surface area contributed by atoms with Crippen molar-refractivity contribution in [3.63, 3.8) is 0 Å². The summed E-state index contributed by atoms with van der Waals surface area (Å²) in [5.41, 5.74) is 2.31. The van der Waals surface area contributed by atoms with Gasteiger partial charge in [0.15, 0.2) is 11.0 Å². The van der Waals surface area contributed by atoms with Crippen LogP contribution >= 0.6 is 23.1 Å². The van der Waals surface area contributed by atoms with Crippen molar-refractivity contribution >= 4 is 34.0 Å². The van der Waals surface area contributed by atoms with Gasteiger partial charge >= 0.3 is 6.61 Å². The molecule has 1 aromatic carbocycles. The Labute approximate surface area is 209 Å². The quantitative estimate of drug-likeness (QED) is 0.298. The Hall–Kier alpha value is -3.23. The molecule has 1 amide bonds. The highest BCUT2D eigenvalue weighted by Crippen LogP contribution is 2.39. The number of thioether (sulfide) groups is 1. The summed E-state index contributed by atoms with van der Waals surface area (Å²) in [5.74, 6) is 0.987. The van der Waals surface area contributed by atoms with E-state index in [4.69, 9.17) is 0 Å². The van der Waals surface area contributed by atoms with Gasteiger partial charge in [-0.3, -0.25) is 9.36 Å². The number of thiophene rings is 1. The molecule has 0 saturated carbocycles. The molecular formula is C24H23F2N5O2S2. The second-order valence-electron chi connectivity index (χ2n) is 8.11. The van der Waals surface area contributed by atoms with E-state index in [9.17, 15) is 18.8 Å². The number of fused-ring (bicyclic) bond motifs is 1. The molecule has 1 atom stereocenters. The molecule has 4 rings (SSSR count). The number of hydrogen-bond acceptors (Lipinski definition) is 7. The molecule has 0 radical (unpaired) electrons. The first-order valence-electron chi connectivity index (χ1n) is 11.0. The fourth-order valence-corrected chi connectivity index (χ4v) is 6.06. The van der Waals surface area contributed by atoms with E-state index in [-0.39, 0.29) is 17.4 Å². The monoisotopic (exact) mass is 515 g/mol. The van der Waals surface area contributed by atoms with E-state index in [1.807, 2.05) is 0 Å². The van der Waals surface area contributed by atoms with Gasteiger partial charge in [-0.1, -0.05) is 24.8 Å². The van der Waals surface area contributed by atoms with E-state index in [0.29, 0.717) is 39.6 Å². The summed E-state index contributed by atoms with van der Waals surface area (Å²) in [7, 11) is 0. The number of alkyl halides is 2. The Morgan fingerprint density at radius 1 is 1.43 bits per heavy atom. The minimum Gasteiger partial charge on any atom is -0.435 e. The Kier molecular flexibility index (Phi) is 7.83. The van der Waals surface area contributed by atoms with E-state index >= 15 is 0 Å². The molecule has 1 N–H and O–H groups in total. The lowest BCUT2D eigenvalue weighted by atomic mass is 9.89. The molecule has 0 fully saturated rings. The van der Waals surface area contributed by atoms with Crippen LogP contribution < -0.4 is 10.1 Å². The van der Waals surface area contributed by atoms with Gasteiger partial charge in [-0.15, -0.1) is 28.1 Å². The largest absolute Gasteiger partial charge is 0.435 e. The van der Waals surface area contributed by atoms with Crippen LogP contribution in [0.2, 0.25) is 0 Å². The van der Waals surface area contributed by atoms with Crippen molar-refractivity contribution in [2.24, 2.45) is 5.92 Å².